The summed E-state index contributed by atoms with van der Waals surface area (Å²) in [7, 11) is 1.64. The fourth-order valence-electron chi connectivity index (χ4n) is 2.15. The third-order valence-corrected chi connectivity index (χ3v) is 3.39. The Morgan fingerprint density at radius 1 is 1.38 bits per heavy atom. The third kappa shape index (κ3) is 4.08. The van der Waals surface area contributed by atoms with Gasteiger partial charge >= 0.3 is 0 Å². The minimum atomic E-state index is -0.0210. The highest BCUT2D eigenvalue weighted by molar-refractivity contribution is 5.78. The Hall–Kier alpha value is -2.30. The first-order valence-electron chi connectivity index (χ1n) is 6.91. The summed E-state index contributed by atoms with van der Waals surface area (Å²) in [6.45, 7) is 4.25. The maximum atomic E-state index is 11.9. The second-order valence-corrected chi connectivity index (χ2v) is 4.93. The van der Waals surface area contributed by atoms with Gasteiger partial charge in [0.15, 0.2) is 0 Å². The standard InChI is InChI=1S/C16H20N2O3/c1-11-15(12(2)21-18-11)10-16(19)17-8-7-13-5-4-6-14(9-13)20-3/h4-6,9H,7-8,10H2,1-3H3,(H,17,19). The van der Waals surface area contributed by atoms with Crippen LogP contribution in [-0.4, -0.2) is 24.7 Å². The average Bonchev–Trinajstić information content (AvgIpc) is 2.79. The van der Waals surface area contributed by atoms with Gasteiger partial charge in [-0.3, -0.25) is 4.79 Å². The molecule has 0 bridgehead atoms. The van der Waals surface area contributed by atoms with Crippen molar-refractivity contribution in [3.8, 4) is 5.75 Å². The lowest BCUT2D eigenvalue weighted by atomic mass is 10.1. The summed E-state index contributed by atoms with van der Waals surface area (Å²) in [4.78, 5) is 11.9. The molecule has 0 fully saturated rings. The predicted molar refractivity (Wildman–Crippen MR) is 79.4 cm³/mol. The Morgan fingerprint density at radius 3 is 2.86 bits per heavy atom. The van der Waals surface area contributed by atoms with Crippen LogP contribution in [0.15, 0.2) is 28.8 Å². The number of amides is 1. The molecule has 0 saturated carbocycles. The first kappa shape index (κ1) is 15.1. The maximum Gasteiger partial charge on any atom is 0.224 e. The van der Waals surface area contributed by atoms with Gasteiger partial charge in [-0.25, -0.2) is 0 Å². The fourth-order valence-corrected chi connectivity index (χ4v) is 2.15. The third-order valence-electron chi connectivity index (χ3n) is 3.39. The number of carbonyl (C=O) groups excluding carboxylic acids is 1. The van der Waals surface area contributed by atoms with E-state index in [2.05, 4.69) is 10.5 Å². The van der Waals surface area contributed by atoms with Gasteiger partial charge in [-0.15, -0.1) is 0 Å². The van der Waals surface area contributed by atoms with Gasteiger partial charge in [0.2, 0.25) is 5.91 Å². The van der Waals surface area contributed by atoms with E-state index in [9.17, 15) is 4.79 Å². The van der Waals surface area contributed by atoms with Gasteiger partial charge in [0, 0.05) is 12.1 Å². The van der Waals surface area contributed by atoms with E-state index in [1.54, 1.807) is 7.11 Å². The molecule has 2 aromatic rings. The zero-order valence-corrected chi connectivity index (χ0v) is 12.6. The summed E-state index contributed by atoms with van der Waals surface area (Å²) in [5.41, 5.74) is 2.77. The zero-order chi connectivity index (χ0) is 15.2. The highest BCUT2D eigenvalue weighted by Crippen LogP contribution is 2.13. The molecule has 0 radical (unpaired) electrons. The second-order valence-electron chi connectivity index (χ2n) is 4.93. The molecule has 5 heteroatoms. The number of aryl methyl sites for hydroxylation is 2. The van der Waals surface area contributed by atoms with E-state index in [4.69, 9.17) is 9.26 Å². The van der Waals surface area contributed by atoms with Crippen molar-refractivity contribution in [2.24, 2.45) is 0 Å². The fraction of sp³-hybridized carbons (Fsp3) is 0.375. The molecule has 0 aliphatic heterocycles. The van der Waals surface area contributed by atoms with E-state index in [1.165, 1.54) is 0 Å². The smallest absolute Gasteiger partial charge is 0.224 e. The van der Waals surface area contributed by atoms with Crippen molar-refractivity contribution in [1.29, 1.82) is 0 Å². The van der Waals surface area contributed by atoms with Crippen LogP contribution in [0.5, 0.6) is 5.75 Å². The monoisotopic (exact) mass is 288 g/mol. The van der Waals surface area contributed by atoms with E-state index in [0.717, 1.165) is 29.0 Å². The molecule has 5 nitrogen and oxygen atoms in total. The summed E-state index contributed by atoms with van der Waals surface area (Å²) in [6.07, 6.45) is 1.07. The number of rotatable bonds is 6. The SMILES string of the molecule is COc1cccc(CCNC(=O)Cc2c(C)noc2C)c1. The van der Waals surface area contributed by atoms with E-state index >= 15 is 0 Å². The molecular weight excluding hydrogens is 268 g/mol. The Bertz CT molecular complexity index is 600. The maximum absolute atomic E-state index is 11.9. The Labute approximate surface area is 124 Å². The van der Waals surface area contributed by atoms with Crippen LogP contribution in [0.25, 0.3) is 0 Å². The van der Waals surface area contributed by atoms with Crippen LogP contribution in [0.2, 0.25) is 0 Å². The van der Waals surface area contributed by atoms with Gasteiger partial charge in [-0.05, 0) is 38.0 Å². The highest BCUT2D eigenvalue weighted by atomic mass is 16.5. The van der Waals surface area contributed by atoms with Gasteiger partial charge in [0.1, 0.15) is 11.5 Å². The number of methoxy groups -OCH3 is 1. The van der Waals surface area contributed by atoms with E-state index in [0.29, 0.717) is 18.7 Å². The van der Waals surface area contributed by atoms with Crippen LogP contribution >= 0.6 is 0 Å². The van der Waals surface area contributed by atoms with Crippen molar-refractivity contribution in [3.63, 3.8) is 0 Å². The lowest BCUT2D eigenvalue weighted by Crippen LogP contribution is -2.27. The summed E-state index contributed by atoms with van der Waals surface area (Å²) in [5, 5.41) is 6.76. The van der Waals surface area contributed by atoms with Gasteiger partial charge in [0.25, 0.3) is 0 Å². The Morgan fingerprint density at radius 2 is 2.19 bits per heavy atom. The largest absolute Gasteiger partial charge is 0.497 e. The van der Waals surface area contributed by atoms with Crippen molar-refractivity contribution in [2.45, 2.75) is 26.7 Å². The van der Waals surface area contributed by atoms with Crippen molar-refractivity contribution in [1.82, 2.24) is 10.5 Å². The number of nitrogens with one attached hydrogen (secondary N) is 1. The Balaban J connectivity index is 1.82. The number of hydrogen-bond acceptors (Lipinski definition) is 4. The van der Waals surface area contributed by atoms with E-state index in [-0.39, 0.29) is 5.91 Å². The molecule has 1 amide bonds. The number of carbonyl (C=O) groups is 1. The summed E-state index contributed by atoms with van der Waals surface area (Å²) in [6, 6.07) is 7.84. The van der Waals surface area contributed by atoms with Crippen LogP contribution in [0, 0.1) is 13.8 Å². The molecule has 0 unspecified atom stereocenters. The molecule has 1 heterocycles. The Kier molecular flexibility index (Phi) is 4.98. The van der Waals surface area contributed by atoms with Crippen molar-refractivity contribution in [2.75, 3.05) is 13.7 Å². The minimum Gasteiger partial charge on any atom is -0.497 e. The van der Waals surface area contributed by atoms with Gasteiger partial charge in [0.05, 0.1) is 19.2 Å². The van der Waals surface area contributed by atoms with Crippen LogP contribution in [0.4, 0.5) is 0 Å². The van der Waals surface area contributed by atoms with Gasteiger partial charge in [-0.2, -0.15) is 0 Å². The molecule has 0 spiro atoms. The van der Waals surface area contributed by atoms with E-state index < -0.39 is 0 Å². The van der Waals surface area contributed by atoms with Crippen molar-refractivity contribution < 1.29 is 14.1 Å². The molecule has 2 rings (SSSR count). The summed E-state index contributed by atoms with van der Waals surface area (Å²) < 4.78 is 10.2. The van der Waals surface area contributed by atoms with Crippen LogP contribution < -0.4 is 10.1 Å². The zero-order valence-electron chi connectivity index (χ0n) is 12.6. The van der Waals surface area contributed by atoms with Crippen LogP contribution in [0.1, 0.15) is 22.6 Å². The van der Waals surface area contributed by atoms with E-state index in [1.807, 2.05) is 38.1 Å². The molecular formula is C16H20N2O3. The minimum absolute atomic E-state index is 0.0210. The lowest BCUT2D eigenvalue weighted by molar-refractivity contribution is -0.120. The lowest BCUT2D eigenvalue weighted by Gasteiger charge is -2.06. The van der Waals surface area contributed by atoms with Crippen molar-refractivity contribution in [3.05, 3.63) is 46.8 Å². The summed E-state index contributed by atoms with van der Waals surface area (Å²) >= 11 is 0. The molecule has 1 N–H and O–H groups in total. The number of nitrogens with zero attached hydrogens (tertiary/aromatic N) is 1. The number of ether oxygens (including phenoxy) is 1. The molecule has 1 aromatic carbocycles. The first-order chi connectivity index (χ1) is 10.1. The van der Waals surface area contributed by atoms with Crippen LogP contribution in [0.3, 0.4) is 0 Å². The first-order valence-corrected chi connectivity index (χ1v) is 6.91. The molecule has 0 aliphatic carbocycles. The average molecular weight is 288 g/mol. The molecule has 0 saturated heterocycles. The molecule has 112 valence electrons. The van der Waals surface area contributed by atoms with Gasteiger partial charge in [-0.1, -0.05) is 17.3 Å². The molecule has 1 aromatic heterocycles. The van der Waals surface area contributed by atoms with Crippen molar-refractivity contribution >= 4 is 5.91 Å². The summed E-state index contributed by atoms with van der Waals surface area (Å²) in [5.74, 6) is 1.51. The molecule has 21 heavy (non-hydrogen) atoms. The second kappa shape index (κ2) is 6.92. The molecule has 0 aliphatic rings. The normalized spacial score (nSPS) is 10.4. The molecule has 0 atom stereocenters. The number of hydrogen-bond donors (Lipinski definition) is 1. The quantitative estimate of drug-likeness (QED) is 0.885. The highest BCUT2D eigenvalue weighted by Gasteiger charge is 2.12. The number of benzene rings is 1. The van der Waals surface area contributed by atoms with Crippen LogP contribution in [-0.2, 0) is 17.6 Å². The topological polar surface area (TPSA) is 64.4 Å². The van der Waals surface area contributed by atoms with Gasteiger partial charge < -0.3 is 14.6 Å². The number of aromatic nitrogens is 1. The predicted octanol–water partition coefficient (Wildman–Crippen LogP) is 2.20.